The summed E-state index contributed by atoms with van der Waals surface area (Å²) in [6, 6.07) is 10.2. The monoisotopic (exact) mass is 466 g/mol. The Kier molecular flexibility index (Phi) is 7.81. The molecule has 32 heavy (non-hydrogen) atoms. The van der Waals surface area contributed by atoms with Crippen LogP contribution in [0.2, 0.25) is 0 Å². The van der Waals surface area contributed by atoms with Crippen LogP contribution in [-0.2, 0) is 14.8 Å². The van der Waals surface area contributed by atoms with Crippen LogP contribution in [0.5, 0.6) is 11.5 Å². The van der Waals surface area contributed by atoms with Crippen molar-refractivity contribution in [1.29, 1.82) is 0 Å². The third-order valence-electron chi connectivity index (χ3n) is 4.89. The number of hydrogen-bond donors (Lipinski definition) is 1. The highest BCUT2D eigenvalue weighted by Crippen LogP contribution is 2.30. The molecule has 10 heteroatoms. The van der Waals surface area contributed by atoms with Crippen LogP contribution in [0.3, 0.4) is 0 Å². The van der Waals surface area contributed by atoms with E-state index >= 15 is 0 Å². The van der Waals surface area contributed by atoms with Crippen LogP contribution < -0.4 is 14.8 Å². The van der Waals surface area contributed by atoms with Crippen molar-refractivity contribution in [2.24, 2.45) is 0 Å². The number of methoxy groups -OCH3 is 1. The van der Waals surface area contributed by atoms with Gasteiger partial charge in [-0.05, 0) is 60.9 Å². The highest BCUT2D eigenvalue weighted by Gasteiger charge is 2.29. The highest BCUT2D eigenvalue weighted by molar-refractivity contribution is 7.89. The first kappa shape index (κ1) is 23.7. The molecule has 1 aliphatic rings. The maximum Gasteiger partial charge on any atom is 0.387 e. The van der Waals surface area contributed by atoms with Gasteiger partial charge < -0.3 is 14.8 Å². The Morgan fingerprint density at radius 3 is 2.41 bits per heavy atom. The first-order valence-corrected chi connectivity index (χ1v) is 11.5. The summed E-state index contributed by atoms with van der Waals surface area (Å²) < 4.78 is 61.5. The predicted octanol–water partition coefficient (Wildman–Crippen LogP) is 4.12. The third kappa shape index (κ3) is 6.04. The van der Waals surface area contributed by atoms with E-state index in [9.17, 15) is 22.0 Å². The van der Waals surface area contributed by atoms with Gasteiger partial charge in [0, 0.05) is 24.9 Å². The van der Waals surface area contributed by atoms with Crippen molar-refractivity contribution in [2.45, 2.75) is 30.8 Å². The number of ether oxygens (including phenoxy) is 2. The average molecular weight is 467 g/mol. The molecule has 0 aromatic heterocycles. The lowest BCUT2D eigenvalue weighted by Gasteiger charge is -2.26. The number of nitrogens with one attached hydrogen (secondary N) is 1. The third-order valence-corrected chi connectivity index (χ3v) is 6.81. The van der Waals surface area contributed by atoms with Crippen molar-refractivity contribution >= 4 is 27.7 Å². The minimum absolute atomic E-state index is 0.0192. The molecule has 0 radical (unpaired) electrons. The number of benzene rings is 2. The number of anilines is 1. The SMILES string of the molecule is COc1ccc(C=CC(=O)Nc2ccc(OC(F)F)cc2)cc1S(=O)(=O)N1CCCCC1. The summed E-state index contributed by atoms with van der Waals surface area (Å²) in [7, 11) is -2.31. The van der Waals surface area contributed by atoms with Crippen LogP contribution in [0.4, 0.5) is 14.5 Å². The summed E-state index contributed by atoms with van der Waals surface area (Å²) in [6.07, 6.45) is 5.37. The number of alkyl halides is 2. The van der Waals surface area contributed by atoms with Gasteiger partial charge in [-0.1, -0.05) is 12.5 Å². The van der Waals surface area contributed by atoms with E-state index in [1.165, 1.54) is 53.9 Å². The molecule has 0 spiro atoms. The van der Waals surface area contributed by atoms with E-state index < -0.39 is 22.5 Å². The van der Waals surface area contributed by atoms with Crippen LogP contribution >= 0.6 is 0 Å². The van der Waals surface area contributed by atoms with E-state index in [2.05, 4.69) is 10.1 Å². The lowest BCUT2D eigenvalue weighted by atomic mass is 10.2. The van der Waals surface area contributed by atoms with Crippen LogP contribution in [0, 0.1) is 0 Å². The largest absolute Gasteiger partial charge is 0.495 e. The average Bonchev–Trinajstić information content (AvgIpc) is 2.79. The molecule has 1 N–H and O–H groups in total. The van der Waals surface area contributed by atoms with Gasteiger partial charge in [0.1, 0.15) is 16.4 Å². The standard InChI is InChI=1S/C22H24F2N2O5S/c1-30-19-11-5-16(15-20(19)32(28,29)26-13-3-2-4-14-26)6-12-21(27)25-17-7-9-18(10-8-17)31-22(23)24/h5-12,15,22H,2-4,13-14H2,1H3,(H,25,27). The van der Waals surface area contributed by atoms with E-state index in [1.807, 2.05) is 0 Å². The van der Waals surface area contributed by atoms with Gasteiger partial charge in [-0.25, -0.2) is 8.42 Å². The van der Waals surface area contributed by atoms with Crippen LogP contribution in [0.15, 0.2) is 53.4 Å². The summed E-state index contributed by atoms with van der Waals surface area (Å²) in [5.74, 6) is -0.249. The molecule has 0 saturated carbocycles. The summed E-state index contributed by atoms with van der Waals surface area (Å²) in [5, 5.41) is 2.59. The lowest BCUT2D eigenvalue weighted by molar-refractivity contribution is -0.111. The zero-order valence-electron chi connectivity index (χ0n) is 17.5. The van der Waals surface area contributed by atoms with Crippen LogP contribution in [-0.4, -0.2) is 45.4 Å². The fourth-order valence-electron chi connectivity index (χ4n) is 3.32. The van der Waals surface area contributed by atoms with Crippen LogP contribution in [0.1, 0.15) is 24.8 Å². The summed E-state index contributed by atoms with van der Waals surface area (Å²) in [6.45, 7) is -1.99. The van der Waals surface area contributed by atoms with E-state index in [0.29, 0.717) is 24.3 Å². The van der Waals surface area contributed by atoms with E-state index in [4.69, 9.17) is 4.74 Å². The van der Waals surface area contributed by atoms with Crippen molar-refractivity contribution in [3.8, 4) is 11.5 Å². The van der Waals surface area contributed by atoms with E-state index in [0.717, 1.165) is 19.3 Å². The van der Waals surface area contributed by atoms with Gasteiger partial charge in [-0.15, -0.1) is 0 Å². The van der Waals surface area contributed by atoms with Crippen molar-refractivity contribution in [2.75, 3.05) is 25.5 Å². The zero-order chi connectivity index (χ0) is 23.1. The molecular formula is C22H24F2N2O5S. The van der Waals surface area contributed by atoms with E-state index in [1.54, 1.807) is 12.1 Å². The second-order valence-electron chi connectivity index (χ2n) is 7.10. The lowest BCUT2D eigenvalue weighted by Crippen LogP contribution is -2.35. The van der Waals surface area contributed by atoms with Crippen molar-refractivity contribution in [3.05, 3.63) is 54.1 Å². The Morgan fingerprint density at radius 1 is 1.09 bits per heavy atom. The van der Waals surface area contributed by atoms with Crippen molar-refractivity contribution < 1.29 is 31.5 Å². The van der Waals surface area contributed by atoms with Gasteiger partial charge in [0.2, 0.25) is 15.9 Å². The van der Waals surface area contributed by atoms with Crippen molar-refractivity contribution in [1.82, 2.24) is 4.31 Å². The molecule has 1 saturated heterocycles. The second-order valence-corrected chi connectivity index (χ2v) is 9.01. The van der Waals surface area contributed by atoms with E-state index in [-0.39, 0.29) is 16.4 Å². The molecule has 1 heterocycles. The summed E-state index contributed by atoms with van der Waals surface area (Å²) in [5.41, 5.74) is 0.904. The van der Waals surface area contributed by atoms with Gasteiger partial charge in [0.15, 0.2) is 0 Å². The fraction of sp³-hybridized carbons (Fsp3) is 0.318. The Bertz CT molecular complexity index is 1070. The van der Waals surface area contributed by atoms with Crippen LogP contribution in [0.25, 0.3) is 6.08 Å². The Labute approximate surface area is 185 Å². The molecule has 1 aliphatic heterocycles. The van der Waals surface area contributed by atoms with Gasteiger partial charge in [-0.3, -0.25) is 4.79 Å². The predicted molar refractivity (Wildman–Crippen MR) is 116 cm³/mol. The van der Waals surface area contributed by atoms with Gasteiger partial charge in [-0.2, -0.15) is 13.1 Å². The number of halogens is 2. The number of amides is 1. The molecule has 2 aromatic rings. The molecule has 1 amide bonds. The van der Waals surface area contributed by atoms with Gasteiger partial charge in [0.25, 0.3) is 0 Å². The molecule has 0 aliphatic carbocycles. The summed E-state index contributed by atoms with van der Waals surface area (Å²) in [4.78, 5) is 12.3. The highest BCUT2D eigenvalue weighted by atomic mass is 32.2. The first-order chi connectivity index (χ1) is 15.3. The molecule has 3 rings (SSSR count). The molecule has 0 bridgehead atoms. The molecule has 172 valence electrons. The normalized spacial score (nSPS) is 15.1. The van der Waals surface area contributed by atoms with Gasteiger partial charge in [0.05, 0.1) is 7.11 Å². The molecular weight excluding hydrogens is 442 g/mol. The smallest absolute Gasteiger partial charge is 0.387 e. The molecule has 7 nitrogen and oxygen atoms in total. The minimum atomic E-state index is -3.72. The number of rotatable bonds is 8. The Hall–Kier alpha value is -2.98. The molecule has 0 atom stereocenters. The number of piperidine rings is 1. The fourth-order valence-corrected chi connectivity index (χ4v) is 5.03. The second kappa shape index (κ2) is 10.6. The Balaban J connectivity index is 1.72. The molecule has 2 aromatic carbocycles. The quantitative estimate of drug-likeness (QED) is 0.592. The number of carbonyl (C=O) groups excluding carboxylic acids is 1. The number of nitrogens with zero attached hydrogens (tertiary/aromatic N) is 1. The maximum absolute atomic E-state index is 13.1. The number of hydrogen-bond acceptors (Lipinski definition) is 5. The number of carbonyl (C=O) groups is 1. The van der Waals surface area contributed by atoms with Crippen molar-refractivity contribution in [3.63, 3.8) is 0 Å². The van der Waals surface area contributed by atoms with Gasteiger partial charge >= 0.3 is 6.61 Å². The minimum Gasteiger partial charge on any atom is -0.495 e. The topological polar surface area (TPSA) is 84.9 Å². The molecule has 1 fully saturated rings. The summed E-state index contributed by atoms with van der Waals surface area (Å²) >= 11 is 0. The molecule has 0 unspecified atom stereocenters. The Morgan fingerprint density at radius 2 is 1.78 bits per heavy atom. The first-order valence-electron chi connectivity index (χ1n) is 10.0. The zero-order valence-corrected chi connectivity index (χ0v) is 18.3. The maximum atomic E-state index is 13.1. The number of sulfonamides is 1.